The van der Waals surface area contributed by atoms with Gasteiger partial charge in [-0.1, -0.05) is 72.8 Å². The van der Waals surface area contributed by atoms with Gasteiger partial charge in [-0.2, -0.15) is 5.10 Å². The van der Waals surface area contributed by atoms with Crippen LogP contribution in [0.1, 0.15) is 29.2 Å². The topological polar surface area (TPSA) is 35.9 Å². The number of hydrogen-bond acceptors (Lipinski definition) is 3. The molecule has 1 atom stereocenters. The minimum atomic E-state index is -0.118. The van der Waals surface area contributed by atoms with Crippen molar-refractivity contribution in [3.63, 3.8) is 0 Å². The summed E-state index contributed by atoms with van der Waals surface area (Å²) >= 11 is 0. The van der Waals surface area contributed by atoms with Crippen molar-refractivity contribution in [2.45, 2.75) is 12.5 Å². The van der Waals surface area contributed by atoms with E-state index in [1.807, 2.05) is 68.7 Å². The van der Waals surface area contributed by atoms with Crippen molar-refractivity contribution in [2.24, 2.45) is 5.10 Å². The lowest BCUT2D eigenvalue weighted by Gasteiger charge is -2.20. The molecule has 0 saturated heterocycles. The molecule has 3 aromatic rings. The van der Waals surface area contributed by atoms with Crippen molar-refractivity contribution in [1.82, 2.24) is 5.01 Å². The van der Waals surface area contributed by atoms with Gasteiger partial charge in [0.2, 0.25) is 0 Å². The summed E-state index contributed by atoms with van der Waals surface area (Å²) in [5.41, 5.74) is 5.18. The maximum atomic E-state index is 13.0. The fraction of sp³-hybridized carbons (Fsp3) is 0.154. The van der Waals surface area contributed by atoms with Crippen LogP contribution in [-0.4, -0.2) is 30.7 Å². The largest absolute Gasteiger partial charge is 0.378 e. The summed E-state index contributed by atoms with van der Waals surface area (Å²) < 4.78 is 0. The van der Waals surface area contributed by atoms with Gasteiger partial charge in [0, 0.05) is 32.3 Å². The van der Waals surface area contributed by atoms with E-state index in [-0.39, 0.29) is 11.9 Å². The minimum absolute atomic E-state index is 0.109. The van der Waals surface area contributed by atoms with Crippen LogP contribution in [0.4, 0.5) is 5.69 Å². The molecule has 4 heteroatoms. The van der Waals surface area contributed by atoms with Crippen molar-refractivity contribution >= 4 is 23.4 Å². The summed E-state index contributed by atoms with van der Waals surface area (Å²) in [5.74, 6) is -0.118. The van der Waals surface area contributed by atoms with Gasteiger partial charge in [-0.15, -0.1) is 0 Å². The SMILES string of the molecule is CN(C)c1ccc(C2=NN(C(=O)/C=C/c3ccccc3)C(c3ccccc3)C2)cc1. The Morgan fingerprint density at radius 2 is 1.57 bits per heavy atom. The quantitative estimate of drug-likeness (QED) is 0.561. The van der Waals surface area contributed by atoms with Crippen LogP contribution in [-0.2, 0) is 4.79 Å². The molecule has 0 aromatic heterocycles. The predicted octanol–water partition coefficient (Wildman–Crippen LogP) is 5.14. The van der Waals surface area contributed by atoms with Crippen LogP contribution in [0.25, 0.3) is 6.08 Å². The summed E-state index contributed by atoms with van der Waals surface area (Å²) in [6.45, 7) is 0. The van der Waals surface area contributed by atoms with E-state index in [1.54, 1.807) is 11.1 Å². The summed E-state index contributed by atoms with van der Waals surface area (Å²) in [6, 6.07) is 28.1. The van der Waals surface area contributed by atoms with Gasteiger partial charge in [0.25, 0.3) is 5.91 Å². The van der Waals surface area contributed by atoms with Gasteiger partial charge in [0.15, 0.2) is 0 Å². The molecule has 0 radical (unpaired) electrons. The third kappa shape index (κ3) is 4.33. The summed E-state index contributed by atoms with van der Waals surface area (Å²) in [4.78, 5) is 15.1. The van der Waals surface area contributed by atoms with Gasteiger partial charge in [0.1, 0.15) is 0 Å². The third-order valence-corrected chi connectivity index (χ3v) is 5.26. The van der Waals surface area contributed by atoms with Crippen LogP contribution in [0.15, 0.2) is 96.1 Å². The average molecular weight is 396 g/mol. The van der Waals surface area contributed by atoms with E-state index in [0.717, 1.165) is 28.1 Å². The maximum absolute atomic E-state index is 13.0. The zero-order chi connectivity index (χ0) is 20.9. The first kappa shape index (κ1) is 19.6. The minimum Gasteiger partial charge on any atom is -0.378 e. The third-order valence-electron chi connectivity index (χ3n) is 5.26. The van der Waals surface area contributed by atoms with Gasteiger partial charge in [0.05, 0.1) is 11.8 Å². The molecule has 3 aromatic carbocycles. The lowest BCUT2D eigenvalue weighted by Crippen LogP contribution is -2.25. The fourth-order valence-electron chi connectivity index (χ4n) is 3.58. The first-order valence-electron chi connectivity index (χ1n) is 10.1. The molecule has 0 aliphatic carbocycles. The normalized spacial score (nSPS) is 16.0. The lowest BCUT2D eigenvalue weighted by molar-refractivity contribution is -0.127. The molecule has 1 unspecified atom stereocenters. The molecule has 150 valence electrons. The zero-order valence-corrected chi connectivity index (χ0v) is 17.3. The van der Waals surface area contributed by atoms with Crippen LogP contribution in [0.2, 0.25) is 0 Å². The number of benzene rings is 3. The number of hydrazone groups is 1. The molecular weight excluding hydrogens is 370 g/mol. The van der Waals surface area contributed by atoms with Gasteiger partial charge in [-0.25, -0.2) is 5.01 Å². The molecule has 0 spiro atoms. The Hall–Kier alpha value is -3.66. The Balaban J connectivity index is 1.63. The van der Waals surface area contributed by atoms with Gasteiger partial charge in [-0.3, -0.25) is 4.79 Å². The number of hydrogen-bond donors (Lipinski definition) is 0. The van der Waals surface area contributed by atoms with Crippen molar-refractivity contribution in [3.05, 3.63) is 108 Å². The highest BCUT2D eigenvalue weighted by atomic mass is 16.2. The Bertz CT molecular complexity index is 1050. The first-order chi connectivity index (χ1) is 14.6. The Morgan fingerprint density at radius 1 is 0.933 bits per heavy atom. The second-order valence-corrected chi connectivity index (χ2v) is 7.55. The number of carbonyl (C=O) groups excluding carboxylic acids is 1. The molecule has 0 saturated carbocycles. The summed E-state index contributed by atoms with van der Waals surface area (Å²) in [7, 11) is 4.04. The molecular formula is C26H25N3O. The molecule has 4 nitrogen and oxygen atoms in total. The summed E-state index contributed by atoms with van der Waals surface area (Å²) in [6.07, 6.45) is 4.13. The van der Waals surface area contributed by atoms with Crippen LogP contribution in [0.3, 0.4) is 0 Å². The van der Waals surface area contributed by atoms with E-state index in [1.165, 1.54) is 0 Å². The molecule has 1 aliphatic rings. The highest BCUT2D eigenvalue weighted by molar-refractivity contribution is 6.04. The van der Waals surface area contributed by atoms with Gasteiger partial charge < -0.3 is 4.90 Å². The molecule has 4 rings (SSSR count). The average Bonchev–Trinajstić information content (AvgIpc) is 3.24. The Kier molecular flexibility index (Phi) is 5.75. The van der Waals surface area contributed by atoms with Crippen LogP contribution in [0.5, 0.6) is 0 Å². The number of anilines is 1. The molecule has 1 aliphatic heterocycles. The highest BCUT2D eigenvalue weighted by Crippen LogP contribution is 2.33. The molecule has 0 fully saturated rings. The van der Waals surface area contributed by atoms with Crippen LogP contribution in [0, 0.1) is 0 Å². The first-order valence-corrected chi connectivity index (χ1v) is 10.1. The number of rotatable bonds is 5. The van der Waals surface area contributed by atoms with E-state index in [4.69, 9.17) is 5.10 Å². The second-order valence-electron chi connectivity index (χ2n) is 7.55. The van der Waals surface area contributed by atoms with Crippen molar-refractivity contribution < 1.29 is 4.79 Å². The van der Waals surface area contributed by atoms with Crippen molar-refractivity contribution in [2.75, 3.05) is 19.0 Å². The zero-order valence-electron chi connectivity index (χ0n) is 17.3. The molecule has 1 heterocycles. The maximum Gasteiger partial charge on any atom is 0.267 e. The Labute approximate surface area is 177 Å². The molecule has 0 bridgehead atoms. The Morgan fingerprint density at radius 3 is 2.20 bits per heavy atom. The lowest BCUT2D eigenvalue weighted by atomic mass is 9.98. The number of carbonyl (C=O) groups is 1. The highest BCUT2D eigenvalue weighted by Gasteiger charge is 2.32. The van der Waals surface area contributed by atoms with E-state index in [0.29, 0.717) is 6.42 Å². The molecule has 0 N–H and O–H groups in total. The second kappa shape index (κ2) is 8.78. The van der Waals surface area contributed by atoms with Crippen molar-refractivity contribution in [1.29, 1.82) is 0 Å². The number of amides is 1. The predicted molar refractivity (Wildman–Crippen MR) is 123 cm³/mol. The summed E-state index contributed by atoms with van der Waals surface area (Å²) in [5, 5.41) is 6.35. The van der Waals surface area contributed by atoms with Crippen LogP contribution >= 0.6 is 0 Å². The standard InChI is InChI=1S/C26H25N3O/c1-28(2)23-16-14-21(15-17-23)24-19-25(22-11-7-4-8-12-22)29(27-24)26(30)18-13-20-9-5-3-6-10-20/h3-18,25H,19H2,1-2H3/b18-13+. The number of nitrogens with zero attached hydrogens (tertiary/aromatic N) is 3. The van der Waals surface area contributed by atoms with E-state index in [2.05, 4.69) is 41.3 Å². The van der Waals surface area contributed by atoms with Crippen molar-refractivity contribution in [3.8, 4) is 0 Å². The van der Waals surface area contributed by atoms with Gasteiger partial charge >= 0.3 is 0 Å². The smallest absolute Gasteiger partial charge is 0.267 e. The van der Waals surface area contributed by atoms with E-state index in [9.17, 15) is 4.79 Å². The van der Waals surface area contributed by atoms with Crippen LogP contribution < -0.4 is 4.90 Å². The van der Waals surface area contributed by atoms with E-state index >= 15 is 0 Å². The molecule has 30 heavy (non-hydrogen) atoms. The van der Waals surface area contributed by atoms with Gasteiger partial charge in [-0.05, 0) is 34.9 Å². The fourth-order valence-corrected chi connectivity index (χ4v) is 3.58. The molecule has 1 amide bonds. The monoisotopic (exact) mass is 395 g/mol. The van der Waals surface area contributed by atoms with E-state index < -0.39 is 0 Å².